The number of allylic oxidation sites excluding steroid dienone is 1. The average Bonchev–Trinajstić information content (AvgIpc) is 3.69. The summed E-state index contributed by atoms with van der Waals surface area (Å²) in [6.45, 7) is 14.2. The summed E-state index contributed by atoms with van der Waals surface area (Å²) in [7, 11) is 1.70. The highest BCUT2D eigenvalue weighted by Gasteiger charge is 2.77. The topological polar surface area (TPSA) is 117 Å². The third-order valence-corrected chi connectivity index (χ3v) is 11.4. The Labute approximate surface area is 300 Å². The van der Waals surface area contributed by atoms with Gasteiger partial charge in [-0.1, -0.05) is 71.8 Å². The summed E-state index contributed by atoms with van der Waals surface area (Å²) in [5, 5.41) is 9.38. The van der Waals surface area contributed by atoms with Gasteiger partial charge in [0.15, 0.2) is 0 Å². The van der Waals surface area contributed by atoms with E-state index >= 15 is 0 Å². The summed E-state index contributed by atoms with van der Waals surface area (Å²) in [5.74, 6) is -3.03. The molecule has 1 aromatic rings. The van der Waals surface area contributed by atoms with E-state index in [0.29, 0.717) is 45.2 Å². The normalized spacial score (nSPS) is 27.3. The van der Waals surface area contributed by atoms with E-state index in [1.165, 1.54) is 0 Å². The number of hydrogen-bond donors (Lipinski definition) is 1. The number of nitrogens with zero attached hydrogens (tertiary/aromatic N) is 3. The number of unbranched alkanes of at least 4 members (excludes halogenated alkanes) is 2. The smallest absolute Gasteiger partial charge is 0.313 e. The van der Waals surface area contributed by atoms with Crippen LogP contribution in [0.15, 0.2) is 55.6 Å². The van der Waals surface area contributed by atoms with E-state index in [9.17, 15) is 24.3 Å². The van der Waals surface area contributed by atoms with Crippen molar-refractivity contribution < 1.29 is 33.8 Å². The Kier molecular flexibility index (Phi) is 13.7. The van der Waals surface area contributed by atoms with Gasteiger partial charge in [0.1, 0.15) is 17.7 Å². The number of halogens is 1. The molecule has 0 saturated carbocycles. The van der Waals surface area contributed by atoms with Crippen molar-refractivity contribution in [1.29, 1.82) is 0 Å². The van der Waals surface area contributed by atoms with Crippen molar-refractivity contribution in [1.82, 2.24) is 14.7 Å². The molecule has 1 aromatic carbocycles. The van der Waals surface area contributed by atoms with Gasteiger partial charge in [-0.05, 0) is 57.9 Å². The fraction of sp³-hybridized carbons (Fsp3) is 0.632. The summed E-state index contributed by atoms with van der Waals surface area (Å²) in [6.07, 6.45) is 6.67. The first-order valence-electron chi connectivity index (χ1n) is 17.8. The van der Waals surface area contributed by atoms with Gasteiger partial charge in [0.2, 0.25) is 17.7 Å². The number of rotatable bonds is 19. The lowest BCUT2D eigenvalue weighted by Gasteiger charge is -2.39. The molecule has 0 radical (unpaired) electrons. The molecule has 3 saturated heterocycles. The van der Waals surface area contributed by atoms with Crippen molar-refractivity contribution in [2.24, 2.45) is 11.8 Å². The van der Waals surface area contributed by atoms with Crippen LogP contribution in [0.3, 0.4) is 0 Å². The fourth-order valence-corrected chi connectivity index (χ4v) is 8.91. The highest BCUT2D eigenvalue weighted by molar-refractivity contribution is 9.09. The van der Waals surface area contributed by atoms with Gasteiger partial charge in [-0.25, -0.2) is 0 Å². The maximum atomic E-state index is 14.7. The van der Waals surface area contributed by atoms with Gasteiger partial charge in [-0.15, -0.1) is 13.2 Å². The summed E-state index contributed by atoms with van der Waals surface area (Å²) in [4.78, 5) is 61.4. The van der Waals surface area contributed by atoms with Gasteiger partial charge in [-0.2, -0.15) is 0 Å². The Morgan fingerprint density at radius 1 is 1.16 bits per heavy atom. The van der Waals surface area contributed by atoms with Gasteiger partial charge in [0.05, 0.1) is 24.0 Å². The zero-order chi connectivity index (χ0) is 35.9. The third kappa shape index (κ3) is 7.84. The Morgan fingerprint density at radius 2 is 1.88 bits per heavy atom. The molecule has 3 fully saturated rings. The van der Waals surface area contributed by atoms with E-state index in [-0.39, 0.29) is 41.6 Å². The molecule has 11 heteroatoms. The average molecular weight is 745 g/mol. The van der Waals surface area contributed by atoms with E-state index in [1.807, 2.05) is 44.2 Å². The second-order valence-corrected chi connectivity index (χ2v) is 14.9. The highest BCUT2D eigenvalue weighted by Crippen LogP contribution is 2.60. The fourth-order valence-electron chi connectivity index (χ4n) is 7.97. The van der Waals surface area contributed by atoms with Gasteiger partial charge >= 0.3 is 5.97 Å². The van der Waals surface area contributed by atoms with E-state index in [4.69, 9.17) is 9.47 Å². The van der Waals surface area contributed by atoms with Crippen LogP contribution < -0.4 is 0 Å². The predicted octanol–water partition coefficient (Wildman–Crippen LogP) is 5.20. The van der Waals surface area contributed by atoms with Crippen molar-refractivity contribution in [3.63, 3.8) is 0 Å². The van der Waals surface area contributed by atoms with Crippen LogP contribution >= 0.6 is 15.9 Å². The molecular weight excluding hydrogens is 690 g/mol. The summed E-state index contributed by atoms with van der Waals surface area (Å²) in [6, 6.07) is 7.78. The molecule has 270 valence electrons. The van der Waals surface area contributed by atoms with Crippen LogP contribution in [-0.4, -0.2) is 105 Å². The number of aliphatic hydroxyl groups excluding tert-OH is 1. The minimum absolute atomic E-state index is 0.0462. The number of fused-ring (bicyclic) bond motifs is 1. The number of ether oxygens (including phenoxy) is 2. The number of esters is 1. The number of benzene rings is 1. The first-order valence-corrected chi connectivity index (χ1v) is 18.7. The van der Waals surface area contributed by atoms with Gasteiger partial charge in [-0.3, -0.25) is 19.2 Å². The maximum Gasteiger partial charge on any atom is 0.313 e. The third-order valence-electron chi connectivity index (χ3n) is 10.6. The number of likely N-dealkylation sites (N-methyl/N-ethyl adjacent to an activating group) is 1. The van der Waals surface area contributed by atoms with Crippen LogP contribution in [0.1, 0.15) is 83.8 Å². The maximum absolute atomic E-state index is 14.7. The Bertz CT molecular complexity index is 1340. The lowest BCUT2D eigenvalue weighted by atomic mass is 9.70. The monoisotopic (exact) mass is 743 g/mol. The molecule has 9 atom stereocenters. The van der Waals surface area contributed by atoms with Crippen LogP contribution in [0.4, 0.5) is 0 Å². The lowest BCUT2D eigenvalue weighted by Crippen LogP contribution is -2.58. The Morgan fingerprint density at radius 3 is 2.51 bits per heavy atom. The summed E-state index contributed by atoms with van der Waals surface area (Å²) in [5.41, 5.74) is -0.494. The largest absolute Gasteiger partial charge is 0.455 e. The van der Waals surface area contributed by atoms with E-state index < -0.39 is 47.7 Å². The molecule has 3 aliphatic rings. The summed E-state index contributed by atoms with van der Waals surface area (Å²) >= 11 is 3.76. The number of carbonyl (C=O) groups excluding carboxylic acids is 4. The van der Waals surface area contributed by atoms with Crippen molar-refractivity contribution in [2.45, 2.75) is 113 Å². The second kappa shape index (κ2) is 17.3. The van der Waals surface area contributed by atoms with Crippen LogP contribution in [0.25, 0.3) is 0 Å². The van der Waals surface area contributed by atoms with Crippen LogP contribution in [-0.2, 0) is 28.7 Å². The molecule has 3 heterocycles. The van der Waals surface area contributed by atoms with E-state index in [1.54, 1.807) is 33.9 Å². The molecule has 1 spiro atoms. The number of carbonyl (C=O) groups is 4. The zero-order valence-electron chi connectivity index (χ0n) is 29.5. The Balaban J connectivity index is 1.71. The van der Waals surface area contributed by atoms with Gasteiger partial charge in [0.25, 0.3) is 0 Å². The van der Waals surface area contributed by atoms with E-state index in [0.717, 1.165) is 18.4 Å². The quantitative estimate of drug-likeness (QED) is 0.0897. The first-order chi connectivity index (χ1) is 23.5. The predicted molar refractivity (Wildman–Crippen MR) is 192 cm³/mol. The molecule has 3 amide bonds. The molecule has 4 rings (SSSR count). The number of hydrogen-bond acceptors (Lipinski definition) is 7. The SMILES string of the molecule is C=CCCC(=O)N(C)[C@H](C)[C@H](OC(=O)[C@H]1[C@@H]2O[C@@]3(CC2Br)[C@@H]1C(=O)N(CCCCCO)[C@@H]3C(=O)N(CC=C)C(C)CCC)c1ccccc1. The minimum atomic E-state index is -1.22. The van der Waals surface area contributed by atoms with Crippen LogP contribution in [0.2, 0.25) is 0 Å². The molecular formula is C38H54BrN3O7. The van der Waals surface area contributed by atoms with Crippen molar-refractivity contribution >= 4 is 39.6 Å². The number of aliphatic hydroxyl groups is 1. The van der Waals surface area contributed by atoms with Gasteiger partial charge in [0, 0.05) is 44.0 Å². The molecule has 2 bridgehead atoms. The van der Waals surface area contributed by atoms with Crippen LogP contribution in [0, 0.1) is 11.8 Å². The van der Waals surface area contributed by atoms with Crippen molar-refractivity contribution in [3.8, 4) is 0 Å². The minimum Gasteiger partial charge on any atom is -0.455 e. The molecule has 0 aromatic heterocycles. The van der Waals surface area contributed by atoms with Crippen molar-refractivity contribution in [3.05, 3.63) is 61.2 Å². The molecule has 3 aliphatic heterocycles. The van der Waals surface area contributed by atoms with Crippen LogP contribution in [0.5, 0.6) is 0 Å². The number of likely N-dealkylation sites (tertiary alicyclic amines) is 1. The molecule has 1 N–H and O–H groups in total. The standard InChI is InChI=1S/C38H54BrN3O7/c1-7-10-20-29(44)40(6)26(5)32(27-18-13-11-14-19-27)48-37(47)30-31-35(45)42(22-15-12-16-23-43)34(38(31)24-28(39)33(30)49-38)36(46)41(21-9-3)25(4)17-8-2/h7,9,11,13-14,18-19,25-26,28,30-34,43H,1,3,8,10,12,15-17,20-24H2,2,4-6H3/t25?,26-,28?,30-,31+,32+,33-,34-,38+/m1/s1. The summed E-state index contributed by atoms with van der Waals surface area (Å²) < 4.78 is 13.1. The molecule has 10 nitrogen and oxygen atoms in total. The lowest BCUT2D eigenvalue weighted by molar-refractivity contribution is -0.164. The molecule has 49 heavy (non-hydrogen) atoms. The molecule has 2 unspecified atom stereocenters. The molecule has 0 aliphatic carbocycles. The van der Waals surface area contributed by atoms with E-state index in [2.05, 4.69) is 36.0 Å². The zero-order valence-corrected chi connectivity index (χ0v) is 31.1. The highest BCUT2D eigenvalue weighted by atomic mass is 79.9. The first kappa shape index (κ1) is 38.8. The Hall–Kier alpha value is -3.02. The van der Waals surface area contributed by atoms with Gasteiger partial charge < -0.3 is 29.3 Å². The van der Waals surface area contributed by atoms with Crippen molar-refractivity contribution in [2.75, 3.05) is 26.7 Å². The number of alkyl halides is 1. The number of amides is 3. The second-order valence-electron chi connectivity index (χ2n) is 13.7.